The number of allylic oxidation sites excluding steroid dienone is 2. The topological polar surface area (TPSA) is 0 Å². The molecule has 28 heavy (non-hydrogen) atoms. The molecule has 0 aliphatic carbocycles. The molecule has 0 N–H and O–H groups in total. The molecular formula is C27H25F. The van der Waals surface area contributed by atoms with Crippen molar-refractivity contribution < 1.29 is 4.39 Å². The highest BCUT2D eigenvalue weighted by molar-refractivity contribution is 5.65. The third-order valence-electron chi connectivity index (χ3n) is 4.70. The molecule has 0 aliphatic rings. The van der Waals surface area contributed by atoms with E-state index in [9.17, 15) is 4.39 Å². The van der Waals surface area contributed by atoms with E-state index in [1.165, 1.54) is 5.56 Å². The van der Waals surface area contributed by atoms with Gasteiger partial charge in [0.05, 0.1) is 0 Å². The molecule has 0 bridgehead atoms. The normalized spacial score (nSPS) is 10.7. The maximum absolute atomic E-state index is 13.8. The van der Waals surface area contributed by atoms with Crippen LogP contribution in [0.25, 0.3) is 11.1 Å². The second-order valence-electron chi connectivity index (χ2n) is 6.91. The molecule has 3 aromatic carbocycles. The fourth-order valence-electron chi connectivity index (χ4n) is 2.95. The van der Waals surface area contributed by atoms with Crippen LogP contribution in [0, 0.1) is 24.6 Å². The Bertz CT molecular complexity index is 997. The van der Waals surface area contributed by atoms with Gasteiger partial charge < -0.3 is 0 Å². The van der Waals surface area contributed by atoms with Gasteiger partial charge in [0.25, 0.3) is 0 Å². The Morgan fingerprint density at radius 3 is 2.00 bits per heavy atom. The lowest BCUT2D eigenvalue weighted by atomic mass is 10.0. The van der Waals surface area contributed by atoms with Gasteiger partial charge in [-0.15, -0.1) is 0 Å². The lowest BCUT2D eigenvalue weighted by Gasteiger charge is -2.04. The molecule has 3 rings (SSSR count). The second-order valence-corrected chi connectivity index (χ2v) is 6.91. The van der Waals surface area contributed by atoms with E-state index < -0.39 is 0 Å². The van der Waals surface area contributed by atoms with Crippen molar-refractivity contribution in [2.75, 3.05) is 0 Å². The number of halogens is 1. The van der Waals surface area contributed by atoms with Crippen LogP contribution in [0.15, 0.2) is 78.9 Å². The molecule has 1 heteroatoms. The van der Waals surface area contributed by atoms with Crippen molar-refractivity contribution in [2.45, 2.75) is 33.1 Å². The van der Waals surface area contributed by atoms with Crippen LogP contribution in [0.1, 0.15) is 42.0 Å². The van der Waals surface area contributed by atoms with E-state index >= 15 is 0 Å². The van der Waals surface area contributed by atoms with Gasteiger partial charge >= 0.3 is 0 Å². The first-order chi connectivity index (χ1) is 13.7. The van der Waals surface area contributed by atoms with E-state index in [0.29, 0.717) is 5.56 Å². The summed E-state index contributed by atoms with van der Waals surface area (Å²) in [5.74, 6) is 6.25. The minimum absolute atomic E-state index is 0.175. The van der Waals surface area contributed by atoms with E-state index in [4.69, 9.17) is 0 Å². The third-order valence-corrected chi connectivity index (χ3v) is 4.70. The number of rotatable bonds is 5. The molecule has 0 spiro atoms. The number of hydrogen-bond acceptors (Lipinski definition) is 0. The monoisotopic (exact) mass is 368 g/mol. The Balaban J connectivity index is 1.65. The molecule has 0 saturated heterocycles. The number of aryl methyl sites for hydroxylation is 2. The maximum Gasteiger partial charge on any atom is 0.126 e. The Morgan fingerprint density at radius 2 is 1.39 bits per heavy atom. The third kappa shape index (κ3) is 5.44. The largest absolute Gasteiger partial charge is 0.207 e. The maximum atomic E-state index is 13.8. The fraction of sp³-hybridized carbons (Fsp3) is 0.185. The fourth-order valence-corrected chi connectivity index (χ4v) is 2.95. The molecule has 0 heterocycles. The highest BCUT2D eigenvalue weighted by Gasteiger charge is 2.02. The lowest BCUT2D eigenvalue weighted by Crippen LogP contribution is -1.85. The lowest BCUT2D eigenvalue weighted by molar-refractivity contribution is 0.619. The Labute approximate surface area is 167 Å². The predicted octanol–water partition coefficient (Wildman–Crippen LogP) is 7.10. The van der Waals surface area contributed by atoms with Gasteiger partial charge in [0.15, 0.2) is 0 Å². The van der Waals surface area contributed by atoms with Crippen molar-refractivity contribution in [3.05, 3.63) is 107 Å². The van der Waals surface area contributed by atoms with Crippen LogP contribution in [-0.4, -0.2) is 0 Å². The summed E-state index contributed by atoms with van der Waals surface area (Å²) in [7, 11) is 0. The molecule has 0 fully saturated rings. The van der Waals surface area contributed by atoms with Gasteiger partial charge in [-0.3, -0.25) is 0 Å². The first kappa shape index (κ1) is 19.6. The van der Waals surface area contributed by atoms with Crippen LogP contribution in [0.5, 0.6) is 0 Å². The zero-order chi connectivity index (χ0) is 19.8. The van der Waals surface area contributed by atoms with Gasteiger partial charge in [-0.2, -0.15) is 0 Å². The minimum atomic E-state index is -0.175. The Hall–Kier alpha value is -3.11. The van der Waals surface area contributed by atoms with E-state index in [-0.39, 0.29) is 5.82 Å². The SMILES string of the molecule is CC/C=C/CCc1ccc(C#Cc2ccc(-c3ccc(C)c(F)c3)cc2)cc1. The summed E-state index contributed by atoms with van der Waals surface area (Å²) < 4.78 is 13.8. The first-order valence-corrected chi connectivity index (χ1v) is 9.78. The molecule has 0 aromatic heterocycles. The van der Waals surface area contributed by atoms with Crippen molar-refractivity contribution in [1.82, 2.24) is 0 Å². The summed E-state index contributed by atoms with van der Waals surface area (Å²) in [5, 5.41) is 0. The van der Waals surface area contributed by atoms with Crippen molar-refractivity contribution in [1.29, 1.82) is 0 Å². The molecule has 0 unspecified atom stereocenters. The van der Waals surface area contributed by atoms with Crippen molar-refractivity contribution >= 4 is 0 Å². The second kappa shape index (κ2) is 9.72. The summed E-state index contributed by atoms with van der Waals surface area (Å²) >= 11 is 0. The van der Waals surface area contributed by atoms with Gasteiger partial charge in [0, 0.05) is 11.1 Å². The van der Waals surface area contributed by atoms with Crippen LogP contribution in [-0.2, 0) is 6.42 Å². The van der Waals surface area contributed by atoms with Gasteiger partial charge in [-0.05, 0) is 78.8 Å². The average molecular weight is 368 g/mol. The molecule has 0 aliphatic heterocycles. The standard InChI is InChI=1S/C27H25F/c1-3-4-5-6-7-22-9-11-23(12-10-22)13-14-24-15-18-25(19-16-24)26-17-8-21(2)27(28)20-26/h4-5,8-12,15-20H,3,6-7H2,1-2H3/b5-4+. The Morgan fingerprint density at radius 1 is 0.786 bits per heavy atom. The van der Waals surface area contributed by atoms with Gasteiger partial charge in [-0.1, -0.05) is 67.3 Å². The zero-order valence-corrected chi connectivity index (χ0v) is 16.5. The van der Waals surface area contributed by atoms with Crippen LogP contribution >= 0.6 is 0 Å². The van der Waals surface area contributed by atoms with Gasteiger partial charge in [0.1, 0.15) is 5.82 Å². The molecule has 0 atom stereocenters. The summed E-state index contributed by atoms with van der Waals surface area (Å²) in [6.45, 7) is 3.92. The van der Waals surface area contributed by atoms with E-state index in [1.54, 1.807) is 13.0 Å². The molecular weight excluding hydrogens is 343 g/mol. The average Bonchev–Trinajstić information content (AvgIpc) is 2.73. The van der Waals surface area contributed by atoms with Crippen molar-refractivity contribution in [3.63, 3.8) is 0 Å². The number of hydrogen-bond donors (Lipinski definition) is 0. The van der Waals surface area contributed by atoms with Crippen LogP contribution in [0.3, 0.4) is 0 Å². The molecule has 140 valence electrons. The predicted molar refractivity (Wildman–Crippen MR) is 117 cm³/mol. The Kier molecular flexibility index (Phi) is 6.82. The first-order valence-electron chi connectivity index (χ1n) is 9.78. The van der Waals surface area contributed by atoms with Crippen LogP contribution in [0.2, 0.25) is 0 Å². The quantitative estimate of drug-likeness (QED) is 0.333. The highest BCUT2D eigenvalue weighted by Crippen LogP contribution is 2.22. The molecule has 0 radical (unpaired) electrons. The van der Waals surface area contributed by atoms with E-state index in [0.717, 1.165) is 41.5 Å². The van der Waals surface area contributed by atoms with Crippen LogP contribution < -0.4 is 0 Å². The smallest absolute Gasteiger partial charge is 0.126 e. The molecule has 0 nitrogen and oxygen atoms in total. The summed E-state index contributed by atoms with van der Waals surface area (Å²) in [6, 6.07) is 21.7. The molecule has 0 amide bonds. The van der Waals surface area contributed by atoms with Gasteiger partial charge in [0.2, 0.25) is 0 Å². The summed E-state index contributed by atoms with van der Waals surface area (Å²) in [5.41, 5.74) is 5.83. The minimum Gasteiger partial charge on any atom is -0.207 e. The van der Waals surface area contributed by atoms with Gasteiger partial charge in [-0.25, -0.2) is 4.39 Å². The van der Waals surface area contributed by atoms with E-state index in [1.807, 2.05) is 36.4 Å². The number of benzene rings is 3. The zero-order valence-electron chi connectivity index (χ0n) is 16.5. The summed E-state index contributed by atoms with van der Waals surface area (Å²) in [6.07, 6.45) is 7.68. The highest BCUT2D eigenvalue weighted by atomic mass is 19.1. The van der Waals surface area contributed by atoms with Crippen molar-refractivity contribution in [3.8, 4) is 23.0 Å². The molecule has 0 saturated carbocycles. The summed E-state index contributed by atoms with van der Waals surface area (Å²) in [4.78, 5) is 0. The van der Waals surface area contributed by atoms with Crippen LogP contribution in [0.4, 0.5) is 4.39 Å². The molecule has 3 aromatic rings. The van der Waals surface area contributed by atoms with Crippen molar-refractivity contribution in [2.24, 2.45) is 0 Å². The van der Waals surface area contributed by atoms with E-state index in [2.05, 4.69) is 55.2 Å².